The zero-order valence-corrected chi connectivity index (χ0v) is 12.9. The van der Waals surface area contributed by atoms with Crippen molar-refractivity contribution in [2.75, 3.05) is 19.6 Å². The van der Waals surface area contributed by atoms with Gasteiger partial charge in [-0.2, -0.15) is 0 Å². The molecule has 0 unspecified atom stereocenters. The predicted molar refractivity (Wildman–Crippen MR) is 75.8 cm³/mol. The summed E-state index contributed by atoms with van der Waals surface area (Å²) >= 11 is 0. The highest BCUT2D eigenvalue weighted by Crippen LogP contribution is 2.17. The first kappa shape index (κ1) is 17.2. The van der Waals surface area contributed by atoms with Crippen molar-refractivity contribution in [2.45, 2.75) is 60.0 Å². The summed E-state index contributed by atoms with van der Waals surface area (Å²) in [6, 6.07) is 0. The van der Waals surface area contributed by atoms with Crippen molar-refractivity contribution in [1.82, 2.24) is 10.6 Å². The summed E-state index contributed by atoms with van der Waals surface area (Å²) in [6.07, 6.45) is 1.74. The molecule has 0 rings (SSSR count). The van der Waals surface area contributed by atoms with Crippen LogP contribution in [0.15, 0.2) is 0 Å². The van der Waals surface area contributed by atoms with Gasteiger partial charge in [-0.25, -0.2) is 4.79 Å². The molecule has 4 heteroatoms. The molecule has 2 N–H and O–H groups in total. The van der Waals surface area contributed by atoms with Gasteiger partial charge in [-0.15, -0.1) is 0 Å². The summed E-state index contributed by atoms with van der Waals surface area (Å²) < 4.78 is 5.15. The van der Waals surface area contributed by atoms with Crippen LogP contribution in [0.25, 0.3) is 0 Å². The van der Waals surface area contributed by atoms with E-state index in [1.54, 1.807) is 0 Å². The van der Waals surface area contributed by atoms with E-state index < -0.39 is 5.60 Å². The van der Waals surface area contributed by atoms with E-state index >= 15 is 0 Å². The second kappa shape index (κ2) is 7.62. The van der Waals surface area contributed by atoms with Crippen molar-refractivity contribution in [1.29, 1.82) is 0 Å². The van der Waals surface area contributed by atoms with Crippen LogP contribution >= 0.6 is 0 Å². The molecule has 0 heterocycles. The Bertz CT molecular complexity index is 245. The molecule has 0 aliphatic rings. The Morgan fingerprint density at radius 3 is 2.22 bits per heavy atom. The van der Waals surface area contributed by atoms with Crippen LogP contribution in [0, 0.1) is 5.41 Å². The monoisotopic (exact) mass is 258 g/mol. The first-order valence-corrected chi connectivity index (χ1v) is 6.84. The van der Waals surface area contributed by atoms with Gasteiger partial charge in [0, 0.05) is 13.1 Å². The molecule has 0 radical (unpaired) electrons. The maximum Gasteiger partial charge on any atom is 0.407 e. The summed E-state index contributed by atoms with van der Waals surface area (Å²) in [4.78, 5) is 11.3. The van der Waals surface area contributed by atoms with Gasteiger partial charge in [-0.3, -0.25) is 0 Å². The summed E-state index contributed by atoms with van der Waals surface area (Å²) in [5.74, 6) is 0. The molecule has 0 spiro atoms. The number of amides is 1. The van der Waals surface area contributed by atoms with Crippen LogP contribution < -0.4 is 10.6 Å². The quantitative estimate of drug-likeness (QED) is 0.690. The van der Waals surface area contributed by atoms with Gasteiger partial charge in [0.05, 0.1) is 0 Å². The van der Waals surface area contributed by atoms with E-state index in [0.29, 0.717) is 12.0 Å². The van der Waals surface area contributed by atoms with Crippen LogP contribution in [0.4, 0.5) is 4.79 Å². The zero-order valence-electron chi connectivity index (χ0n) is 12.9. The Hall–Kier alpha value is -0.770. The van der Waals surface area contributed by atoms with Gasteiger partial charge in [0.25, 0.3) is 0 Å². The average Bonchev–Trinajstić information content (AvgIpc) is 2.20. The van der Waals surface area contributed by atoms with E-state index in [9.17, 15) is 4.79 Å². The maximum atomic E-state index is 11.3. The lowest BCUT2D eigenvalue weighted by molar-refractivity contribution is 0.0527. The van der Waals surface area contributed by atoms with Crippen LogP contribution in [-0.2, 0) is 4.74 Å². The third-order valence-electron chi connectivity index (χ3n) is 2.76. The normalized spacial score (nSPS) is 12.3. The van der Waals surface area contributed by atoms with Crippen molar-refractivity contribution < 1.29 is 9.53 Å². The van der Waals surface area contributed by atoms with Crippen molar-refractivity contribution in [3.05, 3.63) is 0 Å². The first-order chi connectivity index (χ1) is 8.16. The van der Waals surface area contributed by atoms with Crippen LogP contribution in [0.2, 0.25) is 0 Å². The number of ether oxygens (including phenoxy) is 1. The third-order valence-corrected chi connectivity index (χ3v) is 2.76. The molecule has 0 saturated heterocycles. The number of alkyl carbamates (subject to hydrolysis) is 1. The minimum atomic E-state index is -0.423. The SMILES string of the molecule is CCC(C)(C)CNCCCNC(=O)OC(C)(C)C. The highest BCUT2D eigenvalue weighted by atomic mass is 16.6. The lowest BCUT2D eigenvalue weighted by Crippen LogP contribution is -2.35. The fourth-order valence-electron chi connectivity index (χ4n) is 1.27. The average molecular weight is 258 g/mol. The van der Waals surface area contributed by atoms with E-state index in [4.69, 9.17) is 4.74 Å². The van der Waals surface area contributed by atoms with Crippen molar-refractivity contribution in [3.8, 4) is 0 Å². The topological polar surface area (TPSA) is 50.4 Å². The van der Waals surface area contributed by atoms with Crippen molar-refractivity contribution in [2.24, 2.45) is 5.41 Å². The summed E-state index contributed by atoms with van der Waals surface area (Å²) in [5, 5.41) is 6.16. The predicted octanol–water partition coefficient (Wildman–Crippen LogP) is 2.93. The molecule has 0 aromatic carbocycles. The minimum Gasteiger partial charge on any atom is -0.444 e. The van der Waals surface area contributed by atoms with Gasteiger partial charge < -0.3 is 15.4 Å². The van der Waals surface area contributed by atoms with E-state index in [1.807, 2.05) is 20.8 Å². The third kappa shape index (κ3) is 10.4. The largest absolute Gasteiger partial charge is 0.444 e. The van der Waals surface area contributed by atoms with Crippen LogP contribution in [-0.4, -0.2) is 31.3 Å². The highest BCUT2D eigenvalue weighted by Gasteiger charge is 2.15. The molecule has 0 aromatic heterocycles. The smallest absolute Gasteiger partial charge is 0.407 e. The van der Waals surface area contributed by atoms with Crippen LogP contribution in [0.3, 0.4) is 0 Å². The van der Waals surface area contributed by atoms with E-state index in [1.165, 1.54) is 0 Å². The van der Waals surface area contributed by atoms with E-state index in [-0.39, 0.29) is 6.09 Å². The molecule has 1 amide bonds. The summed E-state index contributed by atoms with van der Waals surface area (Å²) in [6.45, 7) is 14.9. The number of nitrogens with one attached hydrogen (secondary N) is 2. The molecule has 0 aliphatic heterocycles. The molecule has 0 atom stereocenters. The lowest BCUT2D eigenvalue weighted by atomic mass is 9.90. The Morgan fingerprint density at radius 1 is 1.11 bits per heavy atom. The zero-order chi connectivity index (χ0) is 14.2. The number of carbonyl (C=O) groups excluding carboxylic acids is 1. The fourth-order valence-corrected chi connectivity index (χ4v) is 1.27. The number of carbonyl (C=O) groups is 1. The summed E-state index contributed by atoms with van der Waals surface area (Å²) in [5.41, 5.74) is -0.0773. The van der Waals surface area contributed by atoms with E-state index in [2.05, 4.69) is 31.4 Å². The maximum absolute atomic E-state index is 11.3. The molecule has 4 nitrogen and oxygen atoms in total. The molecule has 0 aromatic rings. The van der Waals surface area contributed by atoms with Gasteiger partial charge in [-0.05, 0) is 45.6 Å². The molecular formula is C14H30N2O2. The van der Waals surface area contributed by atoms with Crippen molar-refractivity contribution >= 4 is 6.09 Å². The number of rotatable bonds is 7. The van der Waals surface area contributed by atoms with Gasteiger partial charge in [0.2, 0.25) is 0 Å². The Labute approximate surface area is 112 Å². The molecular weight excluding hydrogens is 228 g/mol. The molecule has 0 saturated carbocycles. The lowest BCUT2D eigenvalue weighted by Gasteiger charge is -2.23. The Balaban J connectivity index is 3.49. The van der Waals surface area contributed by atoms with Gasteiger partial charge >= 0.3 is 6.09 Å². The van der Waals surface area contributed by atoms with Gasteiger partial charge in [0.1, 0.15) is 5.60 Å². The first-order valence-electron chi connectivity index (χ1n) is 6.84. The highest BCUT2D eigenvalue weighted by molar-refractivity contribution is 5.67. The standard InChI is InChI=1S/C14H30N2O2/c1-7-14(5,6)11-15-9-8-10-16-12(17)18-13(2,3)4/h15H,7-11H2,1-6H3,(H,16,17). The summed E-state index contributed by atoms with van der Waals surface area (Å²) in [7, 11) is 0. The molecule has 108 valence electrons. The molecule has 0 bridgehead atoms. The van der Waals surface area contributed by atoms with Crippen molar-refractivity contribution in [3.63, 3.8) is 0 Å². The second-order valence-corrected chi connectivity index (χ2v) is 6.48. The molecule has 0 aliphatic carbocycles. The number of hydrogen-bond acceptors (Lipinski definition) is 3. The van der Waals surface area contributed by atoms with Gasteiger partial charge in [-0.1, -0.05) is 20.8 Å². The second-order valence-electron chi connectivity index (χ2n) is 6.48. The molecule has 18 heavy (non-hydrogen) atoms. The number of hydrogen-bond donors (Lipinski definition) is 2. The Kier molecular flexibility index (Phi) is 7.29. The van der Waals surface area contributed by atoms with Crippen LogP contribution in [0.1, 0.15) is 54.4 Å². The Morgan fingerprint density at radius 2 is 1.72 bits per heavy atom. The van der Waals surface area contributed by atoms with E-state index in [0.717, 1.165) is 25.9 Å². The molecule has 0 fully saturated rings. The van der Waals surface area contributed by atoms with Gasteiger partial charge in [0.15, 0.2) is 0 Å². The minimum absolute atomic E-state index is 0.337. The fraction of sp³-hybridized carbons (Fsp3) is 0.929. The van der Waals surface area contributed by atoms with Crippen LogP contribution in [0.5, 0.6) is 0 Å².